The predicted octanol–water partition coefficient (Wildman–Crippen LogP) is 14.1. The Bertz CT molecular complexity index is 2860. The summed E-state index contributed by atoms with van der Waals surface area (Å²) in [5, 5.41) is 4.91. The molecule has 2 heterocycles. The van der Waals surface area contributed by atoms with Crippen LogP contribution < -0.4 is 4.90 Å². The summed E-state index contributed by atoms with van der Waals surface area (Å²) in [6.07, 6.45) is 0. The van der Waals surface area contributed by atoms with Crippen molar-refractivity contribution in [3.8, 4) is 45.0 Å². The highest BCUT2D eigenvalue weighted by molar-refractivity contribution is 7.26. The van der Waals surface area contributed by atoms with Crippen molar-refractivity contribution < 1.29 is 0 Å². The molecule has 0 aliphatic heterocycles. The van der Waals surface area contributed by atoms with Gasteiger partial charge in [0.15, 0.2) is 5.82 Å². The van der Waals surface area contributed by atoms with Gasteiger partial charge in [-0.15, -0.1) is 11.3 Å². The van der Waals surface area contributed by atoms with E-state index in [4.69, 9.17) is 9.97 Å². The first-order valence-corrected chi connectivity index (χ1v) is 19.0. The topological polar surface area (TPSA) is 29.0 Å². The number of hydrogen-bond donors (Lipinski definition) is 0. The summed E-state index contributed by atoms with van der Waals surface area (Å²) in [5.41, 5.74) is 10.7. The Balaban J connectivity index is 1.12. The van der Waals surface area contributed by atoms with Crippen molar-refractivity contribution in [1.82, 2.24) is 9.97 Å². The summed E-state index contributed by atoms with van der Waals surface area (Å²) in [7, 11) is 0. The molecule has 2 aromatic heterocycles. The number of rotatable bonds is 7. The molecule has 4 heteroatoms. The van der Waals surface area contributed by atoms with Crippen LogP contribution in [0.4, 0.5) is 17.1 Å². The zero-order chi connectivity index (χ0) is 35.8. The summed E-state index contributed by atoms with van der Waals surface area (Å²) in [6, 6.07) is 70.9. The average molecular weight is 708 g/mol. The average Bonchev–Trinajstić information content (AvgIpc) is 3.64. The van der Waals surface area contributed by atoms with E-state index < -0.39 is 0 Å². The van der Waals surface area contributed by atoms with Gasteiger partial charge in [-0.1, -0.05) is 146 Å². The molecule has 0 N–H and O–H groups in total. The van der Waals surface area contributed by atoms with Crippen molar-refractivity contribution in [2.75, 3.05) is 4.90 Å². The number of fused-ring (bicyclic) bond motifs is 4. The third kappa shape index (κ3) is 5.79. The molecule has 0 spiro atoms. The number of hydrogen-bond acceptors (Lipinski definition) is 4. The van der Waals surface area contributed by atoms with Crippen molar-refractivity contribution in [1.29, 1.82) is 0 Å². The number of anilines is 3. The van der Waals surface area contributed by atoms with Gasteiger partial charge in [0.25, 0.3) is 0 Å². The van der Waals surface area contributed by atoms with E-state index in [0.717, 1.165) is 56.5 Å². The van der Waals surface area contributed by atoms with Crippen molar-refractivity contribution in [2.24, 2.45) is 0 Å². The van der Waals surface area contributed by atoms with E-state index in [1.807, 2.05) is 23.5 Å². The van der Waals surface area contributed by atoms with E-state index in [-0.39, 0.29) is 0 Å². The third-order valence-electron chi connectivity index (χ3n) is 10.1. The quantitative estimate of drug-likeness (QED) is 0.165. The van der Waals surface area contributed by atoms with Crippen LogP contribution in [0.2, 0.25) is 0 Å². The maximum Gasteiger partial charge on any atom is 0.161 e. The summed E-state index contributed by atoms with van der Waals surface area (Å²) in [4.78, 5) is 12.8. The minimum atomic E-state index is 0.725. The normalized spacial score (nSPS) is 11.3. The lowest BCUT2D eigenvalue weighted by molar-refractivity contribution is 1.19. The lowest BCUT2D eigenvalue weighted by atomic mass is 9.96. The van der Waals surface area contributed by atoms with Crippen molar-refractivity contribution >= 4 is 59.3 Å². The Morgan fingerprint density at radius 1 is 0.389 bits per heavy atom. The molecule has 3 nitrogen and oxygen atoms in total. The van der Waals surface area contributed by atoms with Gasteiger partial charge in [0.05, 0.1) is 11.4 Å². The van der Waals surface area contributed by atoms with E-state index in [2.05, 4.69) is 193 Å². The monoisotopic (exact) mass is 707 g/mol. The van der Waals surface area contributed by atoms with Crippen molar-refractivity contribution in [3.63, 3.8) is 0 Å². The van der Waals surface area contributed by atoms with Crippen LogP contribution in [-0.4, -0.2) is 9.97 Å². The van der Waals surface area contributed by atoms with Crippen LogP contribution in [0.3, 0.4) is 0 Å². The fourth-order valence-electron chi connectivity index (χ4n) is 7.46. The zero-order valence-corrected chi connectivity index (χ0v) is 30.1. The second kappa shape index (κ2) is 13.6. The number of para-hydroxylation sites is 1. The third-order valence-corrected chi connectivity index (χ3v) is 11.3. The molecule has 0 aliphatic rings. The van der Waals surface area contributed by atoms with Crippen LogP contribution >= 0.6 is 11.3 Å². The van der Waals surface area contributed by atoms with Gasteiger partial charge < -0.3 is 4.90 Å². The lowest BCUT2D eigenvalue weighted by Gasteiger charge is -2.26. The fourth-order valence-corrected chi connectivity index (χ4v) is 8.69. The molecule has 0 unspecified atom stereocenters. The molecule has 0 bridgehead atoms. The number of benzene rings is 8. The fraction of sp³-hybridized carbons (Fsp3) is 0. The van der Waals surface area contributed by atoms with Gasteiger partial charge in [0.2, 0.25) is 0 Å². The molecule has 8 aromatic carbocycles. The number of aromatic nitrogens is 2. The van der Waals surface area contributed by atoms with Gasteiger partial charge in [0, 0.05) is 53.9 Å². The van der Waals surface area contributed by atoms with Crippen LogP contribution in [0.15, 0.2) is 200 Å². The van der Waals surface area contributed by atoms with Gasteiger partial charge in [-0.3, -0.25) is 0 Å². The molecule has 0 saturated carbocycles. The van der Waals surface area contributed by atoms with Crippen LogP contribution in [0.5, 0.6) is 0 Å². The molecule has 10 aromatic rings. The van der Waals surface area contributed by atoms with E-state index in [1.165, 1.54) is 36.5 Å². The molecule has 54 heavy (non-hydrogen) atoms. The first-order valence-electron chi connectivity index (χ1n) is 18.2. The van der Waals surface area contributed by atoms with Crippen LogP contribution in [0.25, 0.3) is 76.0 Å². The highest BCUT2D eigenvalue weighted by atomic mass is 32.1. The summed E-state index contributed by atoms with van der Waals surface area (Å²) < 4.78 is 2.43. The highest BCUT2D eigenvalue weighted by Gasteiger charge is 2.20. The molecule has 0 saturated heterocycles. The molecule has 0 aliphatic carbocycles. The minimum Gasteiger partial charge on any atom is -0.310 e. The smallest absolute Gasteiger partial charge is 0.161 e. The van der Waals surface area contributed by atoms with Gasteiger partial charge >= 0.3 is 0 Å². The molecular weight excluding hydrogens is 675 g/mol. The molecule has 0 atom stereocenters. The van der Waals surface area contributed by atoms with E-state index >= 15 is 0 Å². The maximum atomic E-state index is 5.22. The number of nitrogens with zero attached hydrogens (tertiary/aromatic N) is 3. The first-order chi connectivity index (χ1) is 26.8. The summed E-state index contributed by atoms with van der Waals surface area (Å²) >= 11 is 1.81. The van der Waals surface area contributed by atoms with E-state index in [0.29, 0.717) is 0 Å². The summed E-state index contributed by atoms with van der Waals surface area (Å²) in [6.45, 7) is 0. The first kappa shape index (κ1) is 31.8. The molecule has 0 radical (unpaired) electrons. The van der Waals surface area contributed by atoms with Gasteiger partial charge in [-0.05, 0) is 76.5 Å². The lowest BCUT2D eigenvalue weighted by Crippen LogP contribution is -2.09. The maximum absolute atomic E-state index is 5.22. The van der Waals surface area contributed by atoms with E-state index in [9.17, 15) is 0 Å². The Morgan fingerprint density at radius 3 is 1.65 bits per heavy atom. The standard InChI is InChI=1S/C50H33N3S/c1-4-15-36(16-5-1)45-33-46(37-17-6-2-7-18-37)52-50(51-45)44-31-30-42(48-43-22-12-13-23-47(43)54-49(44)48)35-25-27-40(28-26-35)53(39-20-8-3-9-21-39)41-29-24-34-14-10-11-19-38(34)32-41/h1-33H. The Morgan fingerprint density at radius 2 is 0.944 bits per heavy atom. The Labute approximate surface area is 318 Å². The molecular formula is C50H33N3S. The number of thiophene rings is 1. The van der Waals surface area contributed by atoms with Crippen molar-refractivity contribution in [2.45, 2.75) is 0 Å². The molecule has 0 fully saturated rings. The molecule has 254 valence electrons. The summed E-state index contributed by atoms with van der Waals surface area (Å²) in [5.74, 6) is 0.725. The van der Waals surface area contributed by atoms with E-state index in [1.54, 1.807) is 0 Å². The van der Waals surface area contributed by atoms with Gasteiger partial charge in [-0.25, -0.2) is 9.97 Å². The zero-order valence-electron chi connectivity index (χ0n) is 29.3. The highest BCUT2D eigenvalue weighted by Crippen LogP contribution is 2.45. The molecule has 10 rings (SSSR count). The molecule has 0 amide bonds. The second-order valence-corrected chi connectivity index (χ2v) is 14.5. The van der Waals surface area contributed by atoms with Gasteiger partial charge in [0.1, 0.15) is 0 Å². The largest absolute Gasteiger partial charge is 0.310 e. The second-order valence-electron chi connectivity index (χ2n) is 13.4. The Hall–Kier alpha value is -6.88. The predicted molar refractivity (Wildman–Crippen MR) is 229 cm³/mol. The SMILES string of the molecule is c1ccc(-c2cc(-c3ccccc3)nc(-c3ccc(-c4ccc(N(c5ccccc5)c5ccc6ccccc6c5)cc4)c4c3sc3ccccc34)n2)cc1. The van der Waals surface area contributed by atoms with Gasteiger partial charge in [-0.2, -0.15) is 0 Å². The van der Waals surface area contributed by atoms with Crippen molar-refractivity contribution in [3.05, 3.63) is 200 Å². The Kier molecular flexibility index (Phi) is 8.01. The minimum absolute atomic E-state index is 0.725. The van der Waals surface area contributed by atoms with Crippen LogP contribution in [0, 0.1) is 0 Å². The van der Waals surface area contributed by atoms with Crippen LogP contribution in [-0.2, 0) is 0 Å². The van der Waals surface area contributed by atoms with Crippen LogP contribution in [0.1, 0.15) is 0 Å².